The highest BCUT2D eigenvalue weighted by atomic mass is 127. The van der Waals surface area contributed by atoms with Crippen LogP contribution in [0.1, 0.15) is 19.0 Å². The van der Waals surface area contributed by atoms with Crippen molar-refractivity contribution >= 4 is 50.7 Å². The number of halogens is 1. The molecule has 0 bridgehead atoms. The fourth-order valence-electron chi connectivity index (χ4n) is 1.63. The predicted octanol–water partition coefficient (Wildman–Crippen LogP) is 3.99. The minimum atomic E-state index is -0.173. The van der Waals surface area contributed by atoms with Crippen molar-refractivity contribution in [2.45, 2.75) is 19.8 Å². The maximum absolute atomic E-state index is 11.3. The van der Waals surface area contributed by atoms with E-state index in [4.69, 9.17) is 4.74 Å². The van der Waals surface area contributed by atoms with Gasteiger partial charge >= 0.3 is 5.97 Å². The molecule has 2 aromatic rings. The van der Waals surface area contributed by atoms with Gasteiger partial charge in [-0.3, -0.25) is 4.79 Å². The number of hydrogen-bond acceptors (Lipinski definition) is 5. The van der Waals surface area contributed by atoms with Crippen LogP contribution in [0.3, 0.4) is 0 Å². The second kappa shape index (κ2) is 7.58. The van der Waals surface area contributed by atoms with Crippen molar-refractivity contribution in [1.82, 2.24) is 4.98 Å². The maximum atomic E-state index is 11.3. The Hall–Kier alpha value is -1.15. The number of aryl methyl sites for hydroxylation is 1. The molecule has 6 heteroatoms. The van der Waals surface area contributed by atoms with Crippen molar-refractivity contribution in [2.24, 2.45) is 0 Å². The average molecular weight is 402 g/mol. The zero-order valence-corrected chi connectivity index (χ0v) is 14.0. The largest absolute Gasteiger partial charge is 0.466 e. The molecule has 2 rings (SSSR count). The van der Waals surface area contributed by atoms with Crippen molar-refractivity contribution in [3.63, 3.8) is 0 Å². The molecule has 1 aromatic heterocycles. The zero-order chi connectivity index (χ0) is 14.4. The Labute approximate surface area is 135 Å². The highest BCUT2D eigenvalue weighted by Crippen LogP contribution is 2.22. The van der Waals surface area contributed by atoms with E-state index in [9.17, 15) is 4.79 Å². The Balaban J connectivity index is 1.90. The Kier molecular flexibility index (Phi) is 5.78. The van der Waals surface area contributed by atoms with E-state index < -0.39 is 0 Å². The third kappa shape index (κ3) is 4.75. The van der Waals surface area contributed by atoms with Gasteiger partial charge in [-0.15, -0.1) is 11.3 Å². The molecule has 0 saturated carbocycles. The smallest absolute Gasteiger partial charge is 0.306 e. The topological polar surface area (TPSA) is 51.2 Å². The standard InChI is InChI=1S/C14H15IN2O2S/c1-2-19-13(18)7-6-12-9-20-14(17-12)16-11-5-3-4-10(15)8-11/h3-5,8-9H,2,6-7H2,1H3,(H,16,17). The second-order valence-corrected chi connectivity index (χ2v) is 6.19. The number of carbonyl (C=O) groups is 1. The van der Waals surface area contributed by atoms with Crippen LogP contribution in [-0.4, -0.2) is 17.6 Å². The number of rotatable bonds is 6. The van der Waals surface area contributed by atoms with Crippen LogP contribution in [0, 0.1) is 3.57 Å². The summed E-state index contributed by atoms with van der Waals surface area (Å²) in [5.74, 6) is -0.173. The monoisotopic (exact) mass is 402 g/mol. The molecule has 20 heavy (non-hydrogen) atoms. The van der Waals surface area contributed by atoms with E-state index in [1.54, 1.807) is 0 Å². The summed E-state index contributed by atoms with van der Waals surface area (Å²) in [6, 6.07) is 8.10. The van der Waals surface area contributed by atoms with Gasteiger partial charge in [0.25, 0.3) is 0 Å². The molecular weight excluding hydrogens is 387 g/mol. The first-order valence-electron chi connectivity index (χ1n) is 6.30. The molecule has 0 radical (unpaired) electrons. The molecule has 0 unspecified atom stereocenters. The molecule has 0 aliphatic rings. The minimum absolute atomic E-state index is 0.173. The molecule has 0 aliphatic carbocycles. The van der Waals surface area contributed by atoms with Crippen LogP contribution in [0.2, 0.25) is 0 Å². The third-order valence-electron chi connectivity index (χ3n) is 2.52. The van der Waals surface area contributed by atoms with Crippen molar-refractivity contribution in [1.29, 1.82) is 0 Å². The number of esters is 1. The second-order valence-electron chi connectivity index (χ2n) is 4.08. The average Bonchev–Trinajstić information content (AvgIpc) is 2.84. The van der Waals surface area contributed by atoms with E-state index in [1.807, 2.05) is 30.5 Å². The number of nitrogens with one attached hydrogen (secondary N) is 1. The number of ether oxygens (including phenoxy) is 1. The normalized spacial score (nSPS) is 10.3. The summed E-state index contributed by atoms with van der Waals surface area (Å²) in [6.45, 7) is 2.24. The molecule has 0 saturated heterocycles. The van der Waals surface area contributed by atoms with Gasteiger partial charge in [-0.2, -0.15) is 0 Å². The summed E-state index contributed by atoms with van der Waals surface area (Å²) in [5, 5.41) is 6.07. The number of thiazole rings is 1. The van der Waals surface area contributed by atoms with Crippen LogP contribution in [0.15, 0.2) is 29.6 Å². The van der Waals surface area contributed by atoms with Crippen LogP contribution in [0.25, 0.3) is 0 Å². The number of carbonyl (C=O) groups excluding carboxylic acids is 1. The van der Waals surface area contributed by atoms with E-state index in [2.05, 4.69) is 39.0 Å². The first-order valence-corrected chi connectivity index (χ1v) is 8.26. The summed E-state index contributed by atoms with van der Waals surface area (Å²) >= 11 is 3.81. The van der Waals surface area contributed by atoms with Gasteiger partial charge in [-0.05, 0) is 47.7 Å². The number of nitrogens with zero attached hydrogens (tertiary/aromatic N) is 1. The minimum Gasteiger partial charge on any atom is -0.466 e. The maximum Gasteiger partial charge on any atom is 0.306 e. The lowest BCUT2D eigenvalue weighted by Crippen LogP contribution is -2.05. The first-order chi connectivity index (χ1) is 9.67. The number of hydrogen-bond donors (Lipinski definition) is 1. The van der Waals surface area contributed by atoms with E-state index >= 15 is 0 Å². The van der Waals surface area contributed by atoms with Crippen molar-refractivity contribution < 1.29 is 9.53 Å². The van der Waals surface area contributed by atoms with E-state index in [0.717, 1.165) is 16.5 Å². The predicted molar refractivity (Wildman–Crippen MR) is 89.5 cm³/mol. The number of aromatic nitrogens is 1. The van der Waals surface area contributed by atoms with Crippen LogP contribution in [0.4, 0.5) is 10.8 Å². The third-order valence-corrected chi connectivity index (χ3v) is 4.00. The molecular formula is C14H15IN2O2S. The molecule has 1 aromatic carbocycles. The van der Waals surface area contributed by atoms with Gasteiger partial charge < -0.3 is 10.1 Å². The van der Waals surface area contributed by atoms with E-state index in [1.165, 1.54) is 14.9 Å². The van der Waals surface area contributed by atoms with Gasteiger partial charge in [0.1, 0.15) is 0 Å². The number of anilines is 2. The lowest BCUT2D eigenvalue weighted by atomic mass is 10.2. The van der Waals surface area contributed by atoms with Gasteiger partial charge in [0, 0.05) is 21.1 Å². The fraction of sp³-hybridized carbons (Fsp3) is 0.286. The molecule has 0 atom stereocenters. The lowest BCUT2D eigenvalue weighted by molar-refractivity contribution is -0.143. The molecule has 1 N–H and O–H groups in total. The molecule has 0 amide bonds. The van der Waals surface area contributed by atoms with Crippen molar-refractivity contribution in [2.75, 3.05) is 11.9 Å². The Morgan fingerprint density at radius 2 is 2.35 bits per heavy atom. The van der Waals surface area contributed by atoms with Crippen molar-refractivity contribution in [3.05, 3.63) is 38.9 Å². The molecule has 0 fully saturated rings. The molecule has 1 heterocycles. The van der Waals surface area contributed by atoms with Gasteiger partial charge in [0.05, 0.1) is 18.7 Å². The number of benzene rings is 1. The van der Waals surface area contributed by atoms with Gasteiger partial charge in [0.15, 0.2) is 5.13 Å². The molecule has 106 valence electrons. The van der Waals surface area contributed by atoms with Gasteiger partial charge in [-0.1, -0.05) is 6.07 Å². The lowest BCUT2D eigenvalue weighted by Gasteiger charge is -2.02. The van der Waals surface area contributed by atoms with Crippen LogP contribution >= 0.6 is 33.9 Å². The van der Waals surface area contributed by atoms with E-state index in [0.29, 0.717) is 19.4 Å². The Morgan fingerprint density at radius 3 is 3.10 bits per heavy atom. The summed E-state index contributed by atoms with van der Waals surface area (Å²) < 4.78 is 6.07. The van der Waals surface area contributed by atoms with Crippen LogP contribution in [-0.2, 0) is 16.0 Å². The Morgan fingerprint density at radius 1 is 1.50 bits per heavy atom. The van der Waals surface area contributed by atoms with Crippen LogP contribution in [0.5, 0.6) is 0 Å². The van der Waals surface area contributed by atoms with E-state index in [-0.39, 0.29) is 5.97 Å². The van der Waals surface area contributed by atoms with Crippen LogP contribution < -0.4 is 5.32 Å². The Bertz CT molecular complexity index is 586. The quantitative estimate of drug-likeness (QED) is 0.587. The fourth-order valence-corrected chi connectivity index (χ4v) is 2.94. The summed E-state index contributed by atoms with van der Waals surface area (Å²) in [7, 11) is 0. The van der Waals surface area contributed by atoms with Crippen molar-refractivity contribution in [3.8, 4) is 0 Å². The highest BCUT2D eigenvalue weighted by Gasteiger charge is 2.06. The highest BCUT2D eigenvalue weighted by molar-refractivity contribution is 14.1. The molecule has 0 aliphatic heterocycles. The SMILES string of the molecule is CCOC(=O)CCc1csc(Nc2cccc(I)c2)n1. The first kappa shape index (κ1) is 15.2. The van der Waals surface area contributed by atoms with Gasteiger partial charge in [-0.25, -0.2) is 4.98 Å². The summed E-state index contributed by atoms with van der Waals surface area (Å²) in [5.41, 5.74) is 1.93. The van der Waals surface area contributed by atoms with Gasteiger partial charge in [0.2, 0.25) is 0 Å². The zero-order valence-electron chi connectivity index (χ0n) is 11.1. The summed E-state index contributed by atoms with van der Waals surface area (Å²) in [4.78, 5) is 15.8. The summed E-state index contributed by atoms with van der Waals surface area (Å²) in [6.07, 6.45) is 0.990. The molecule has 0 spiro atoms. The molecule has 4 nitrogen and oxygen atoms in total.